The predicted molar refractivity (Wildman–Crippen MR) is 70.0 cm³/mol. The number of rotatable bonds is 3. The largest absolute Gasteiger partial charge is 0.363 e. The van der Waals surface area contributed by atoms with Crippen LogP contribution in [0.1, 0.15) is 11.3 Å². The Hall–Kier alpha value is -2.28. The fourth-order valence-corrected chi connectivity index (χ4v) is 1.48. The second kappa shape index (κ2) is 5.57. The van der Waals surface area contributed by atoms with Gasteiger partial charge in [-0.15, -0.1) is 0 Å². The van der Waals surface area contributed by atoms with Gasteiger partial charge >= 0.3 is 5.69 Å². The highest BCUT2D eigenvalue weighted by Gasteiger charge is 2.01. The van der Waals surface area contributed by atoms with E-state index in [1.807, 2.05) is 0 Å². The Morgan fingerprint density at radius 2 is 2.32 bits per heavy atom. The Bertz CT molecular complexity index is 685. The monoisotopic (exact) mass is 281 g/mol. The van der Waals surface area contributed by atoms with Gasteiger partial charge < -0.3 is 0 Å². The molecule has 6 nitrogen and oxygen atoms in total. The van der Waals surface area contributed by atoms with Crippen LogP contribution in [0.15, 0.2) is 28.1 Å². The first kappa shape index (κ1) is 13.2. The molecule has 2 aromatic rings. The molecule has 0 bridgehead atoms. The first-order valence-electron chi connectivity index (χ1n) is 5.24. The molecule has 0 spiro atoms. The first-order chi connectivity index (χ1) is 9.06. The van der Waals surface area contributed by atoms with Gasteiger partial charge in [-0.25, -0.2) is 14.3 Å². The molecular formula is C11H9ClFN5O. The molecule has 1 heterocycles. The summed E-state index contributed by atoms with van der Waals surface area (Å²) in [7, 11) is 0. The zero-order valence-electron chi connectivity index (χ0n) is 9.82. The number of halogens is 2. The molecule has 0 aliphatic carbocycles. The van der Waals surface area contributed by atoms with Gasteiger partial charge in [0.25, 0.3) is 0 Å². The third-order valence-electron chi connectivity index (χ3n) is 2.21. The maximum absolute atomic E-state index is 12.8. The van der Waals surface area contributed by atoms with Crippen LogP contribution in [-0.4, -0.2) is 21.4 Å². The lowest BCUT2D eigenvalue weighted by atomic mass is 10.2. The smallest absolute Gasteiger partial charge is 0.260 e. The molecule has 8 heteroatoms. The van der Waals surface area contributed by atoms with Crippen LogP contribution in [-0.2, 0) is 0 Å². The second-order valence-corrected chi connectivity index (χ2v) is 4.02. The number of anilines is 1. The first-order valence-corrected chi connectivity index (χ1v) is 5.61. The number of nitrogens with zero attached hydrogens (tertiary/aromatic N) is 3. The van der Waals surface area contributed by atoms with E-state index in [0.717, 1.165) is 0 Å². The zero-order chi connectivity index (χ0) is 13.8. The van der Waals surface area contributed by atoms with Gasteiger partial charge in [-0.05, 0) is 25.1 Å². The lowest BCUT2D eigenvalue weighted by Gasteiger charge is -2.01. The number of aryl methyl sites for hydroxylation is 1. The average Bonchev–Trinajstić information content (AvgIpc) is 2.36. The van der Waals surface area contributed by atoms with Gasteiger partial charge in [-0.1, -0.05) is 11.6 Å². The fourth-order valence-electron chi connectivity index (χ4n) is 1.27. The van der Waals surface area contributed by atoms with E-state index in [9.17, 15) is 9.18 Å². The van der Waals surface area contributed by atoms with E-state index in [0.29, 0.717) is 11.3 Å². The van der Waals surface area contributed by atoms with E-state index in [1.54, 1.807) is 6.92 Å². The summed E-state index contributed by atoms with van der Waals surface area (Å²) in [4.78, 5) is 14.6. The SMILES string of the molecule is Cc1n[nH]c(=O)nc1NN=Cc1ccc(F)cc1Cl. The van der Waals surface area contributed by atoms with E-state index in [2.05, 4.69) is 25.7 Å². The van der Waals surface area contributed by atoms with Crippen molar-refractivity contribution in [3.63, 3.8) is 0 Å². The van der Waals surface area contributed by atoms with Crippen molar-refractivity contribution in [2.75, 3.05) is 5.43 Å². The summed E-state index contributed by atoms with van der Waals surface area (Å²) < 4.78 is 12.8. The molecule has 0 saturated heterocycles. The Morgan fingerprint density at radius 3 is 3.05 bits per heavy atom. The van der Waals surface area contributed by atoms with Crippen LogP contribution in [0, 0.1) is 12.7 Å². The third kappa shape index (κ3) is 3.35. The van der Waals surface area contributed by atoms with Crippen LogP contribution in [0.25, 0.3) is 0 Å². The summed E-state index contributed by atoms with van der Waals surface area (Å²) in [5.41, 5.74) is 3.01. The van der Waals surface area contributed by atoms with Gasteiger partial charge in [0, 0.05) is 5.56 Å². The van der Waals surface area contributed by atoms with E-state index in [4.69, 9.17) is 11.6 Å². The molecule has 2 rings (SSSR count). The number of hydrogen-bond donors (Lipinski definition) is 2. The lowest BCUT2D eigenvalue weighted by molar-refractivity contribution is 0.628. The molecule has 0 aliphatic rings. The average molecular weight is 282 g/mol. The molecule has 0 saturated carbocycles. The van der Waals surface area contributed by atoms with Crippen molar-refractivity contribution in [1.29, 1.82) is 0 Å². The summed E-state index contributed by atoms with van der Waals surface area (Å²) in [6.07, 6.45) is 1.39. The van der Waals surface area contributed by atoms with Gasteiger partial charge in [0.05, 0.1) is 11.2 Å². The lowest BCUT2D eigenvalue weighted by Crippen LogP contribution is -2.15. The van der Waals surface area contributed by atoms with E-state index in [1.165, 1.54) is 24.4 Å². The minimum absolute atomic E-state index is 0.234. The van der Waals surface area contributed by atoms with Gasteiger partial charge in [0.15, 0.2) is 5.82 Å². The fraction of sp³-hybridized carbons (Fsp3) is 0.0909. The molecular weight excluding hydrogens is 273 g/mol. The Balaban J connectivity index is 2.15. The van der Waals surface area contributed by atoms with Crippen molar-refractivity contribution in [3.8, 4) is 0 Å². The number of benzene rings is 1. The molecule has 0 aliphatic heterocycles. The standard InChI is InChI=1S/C11H9ClFN5O/c1-6-10(15-11(19)18-16-6)17-14-5-7-2-3-8(13)4-9(7)12/h2-5H,1H3,(H2,15,17,18,19). The molecule has 1 aromatic heterocycles. The van der Waals surface area contributed by atoms with Crippen LogP contribution >= 0.6 is 11.6 Å². The summed E-state index contributed by atoms with van der Waals surface area (Å²) in [6.45, 7) is 1.66. The summed E-state index contributed by atoms with van der Waals surface area (Å²) >= 11 is 5.83. The van der Waals surface area contributed by atoms with Gasteiger partial charge in [-0.3, -0.25) is 5.43 Å². The normalized spacial score (nSPS) is 10.9. The molecule has 0 unspecified atom stereocenters. The Morgan fingerprint density at radius 1 is 1.53 bits per heavy atom. The van der Waals surface area contributed by atoms with Gasteiger partial charge in [-0.2, -0.15) is 15.2 Å². The van der Waals surface area contributed by atoms with Crippen LogP contribution in [0.5, 0.6) is 0 Å². The second-order valence-electron chi connectivity index (χ2n) is 3.61. The van der Waals surface area contributed by atoms with Crippen LogP contribution in [0.4, 0.5) is 10.2 Å². The Labute approximate surface area is 112 Å². The third-order valence-corrected chi connectivity index (χ3v) is 2.54. The predicted octanol–water partition coefficient (Wildman–Crippen LogP) is 1.71. The molecule has 2 N–H and O–H groups in total. The van der Waals surface area contributed by atoms with Crippen molar-refractivity contribution < 1.29 is 4.39 Å². The number of aromatic amines is 1. The molecule has 0 radical (unpaired) electrons. The summed E-state index contributed by atoms with van der Waals surface area (Å²) in [5, 5.41) is 10.0. The zero-order valence-corrected chi connectivity index (χ0v) is 10.6. The molecule has 0 amide bonds. The van der Waals surface area contributed by atoms with Gasteiger partial charge in [0.2, 0.25) is 0 Å². The number of hydrazone groups is 1. The number of H-pyrrole nitrogens is 1. The highest BCUT2D eigenvalue weighted by Crippen LogP contribution is 2.15. The van der Waals surface area contributed by atoms with E-state index in [-0.39, 0.29) is 10.8 Å². The number of nitrogens with one attached hydrogen (secondary N) is 2. The minimum atomic E-state index is -0.580. The van der Waals surface area contributed by atoms with Gasteiger partial charge in [0.1, 0.15) is 11.5 Å². The van der Waals surface area contributed by atoms with Crippen molar-refractivity contribution in [1.82, 2.24) is 15.2 Å². The van der Waals surface area contributed by atoms with Crippen LogP contribution in [0.2, 0.25) is 5.02 Å². The van der Waals surface area contributed by atoms with Crippen molar-refractivity contribution >= 4 is 23.6 Å². The summed E-state index contributed by atoms with van der Waals surface area (Å²) in [5.74, 6) is -0.190. The maximum Gasteiger partial charge on any atom is 0.363 e. The molecule has 19 heavy (non-hydrogen) atoms. The van der Waals surface area contributed by atoms with Crippen LogP contribution in [0.3, 0.4) is 0 Å². The summed E-state index contributed by atoms with van der Waals surface area (Å²) in [6, 6.07) is 3.94. The van der Waals surface area contributed by atoms with Crippen molar-refractivity contribution in [2.45, 2.75) is 6.92 Å². The highest BCUT2D eigenvalue weighted by atomic mass is 35.5. The van der Waals surface area contributed by atoms with Crippen molar-refractivity contribution in [3.05, 3.63) is 50.8 Å². The highest BCUT2D eigenvalue weighted by molar-refractivity contribution is 6.33. The topological polar surface area (TPSA) is 83.0 Å². The number of aromatic nitrogens is 3. The Kier molecular flexibility index (Phi) is 3.86. The molecule has 0 atom stereocenters. The molecule has 98 valence electrons. The number of hydrogen-bond acceptors (Lipinski definition) is 5. The quantitative estimate of drug-likeness (QED) is 0.663. The molecule has 0 fully saturated rings. The van der Waals surface area contributed by atoms with E-state index < -0.39 is 11.5 Å². The van der Waals surface area contributed by atoms with Crippen LogP contribution < -0.4 is 11.1 Å². The van der Waals surface area contributed by atoms with E-state index >= 15 is 0 Å². The maximum atomic E-state index is 12.8. The molecule has 1 aromatic carbocycles. The minimum Gasteiger partial charge on any atom is -0.260 e. The van der Waals surface area contributed by atoms with Crippen molar-refractivity contribution in [2.24, 2.45) is 5.10 Å².